The number of urea groups is 1. The van der Waals surface area contributed by atoms with Crippen molar-refractivity contribution in [2.24, 2.45) is 0 Å². The molecule has 5 atom stereocenters. The van der Waals surface area contributed by atoms with E-state index < -0.39 is 49.2 Å². The van der Waals surface area contributed by atoms with Crippen LogP contribution in [0.1, 0.15) is 5.56 Å². The molecule has 1 fully saturated rings. The van der Waals surface area contributed by atoms with Gasteiger partial charge in [0, 0.05) is 6.08 Å². The third-order valence-electron chi connectivity index (χ3n) is 4.85. The first-order chi connectivity index (χ1) is 14.9. The average Bonchev–Trinajstić information content (AvgIpc) is 2.79. The maximum atomic E-state index is 12.0. The lowest BCUT2D eigenvalue weighted by Crippen LogP contribution is -2.64. The molecule has 2 aromatic rings. The predicted octanol–water partition coefficient (Wildman–Crippen LogP) is -0.00750. The zero-order valence-corrected chi connectivity index (χ0v) is 16.5. The minimum absolute atomic E-state index is 0.629. The summed E-state index contributed by atoms with van der Waals surface area (Å²) in [6, 6.07) is 16.3. The van der Waals surface area contributed by atoms with Crippen LogP contribution >= 0.6 is 0 Å². The largest absolute Gasteiger partial charge is 0.394 e. The summed E-state index contributed by atoms with van der Waals surface area (Å²) in [5, 5.41) is 42.7. The van der Waals surface area contributed by atoms with Gasteiger partial charge in [-0.3, -0.25) is 10.1 Å². The van der Waals surface area contributed by atoms with Crippen LogP contribution in [0.2, 0.25) is 0 Å². The van der Waals surface area contributed by atoms with Gasteiger partial charge in [-0.05, 0) is 22.8 Å². The maximum Gasteiger partial charge on any atom is 0.323 e. The predicted molar refractivity (Wildman–Crippen MR) is 111 cm³/mol. The standard InChI is InChI=1S/C22H24N2O7/c25-12-16-18(27)19(28)20(29)21(31-16)24-22(30)23-17(26)11-8-13-6-9-15(10-7-13)14-4-2-1-3-5-14/h1-11,16,18-21,25,27-29H,12H2,(H2,23,24,26,30)/b11-8+/t16-,18-,19+,20-,21-/m1/s1. The number of hydrogen-bond donors (Lipinski definition) is 6. The summed E-state index contributed by atoms with van der Waals surface area (Å²) < 4.78 is 5.15. The number of amides is 3. The fraction of sp³-hybridized carbons (Fsp3) is 0.273. The smallest absolute Gasteiger partial charge is 0.323 e. The number of benzene rings is 2. The van der Waals surface area contributed by atoms with Gasteiger partial charge in [-0.2, -0.15) is 0 Å². The van der Waals surface area contributed by atoms with Crippen LogP contribution in [0.3, 0.4) is 0 Å². The average molecular weight is 428 g/mol. The minimum Gasteiger partial charge on any atom is -0.394 e. The Labute approximate surface area is 178 Å². The first-order valence-corrected chi connectivity index (χ1v) is 9.64. The lowest BCUT2D eigenvalue weighted by Gasteiger charge is -2.39. The summed E-state index contributed by atoms with van der Waals surface area (Å²) in [4.78, 5) is 24.0. The van der Waals surface area contributed by atoms with E-state index >= 15 is 0 Å². The number of ether oxygens (including phenoxy) is 1. The van der Waals surface area contributed by atoms with Crippen LogP contribution < -0.4 is 10.6 Å². The van der Waals surface area contributed by atoms with Gasteiger partial charge >= 0.3 is 6.03 Å². The van der Waals surface area contributed by atoms with Crippen LogP contribution in [0.15, 0.2) is 60.7 Å². The van der Waals surface area contributed by atoms with Crippen molar-refractivity contribution in [3.63, 3.8) is 0 Å². The molecule has 6 N–H and O–H groups in total. The van der Waals surface area contributed by atoms with E-state index in [0.717, 1.165) is 16.7 Å². The van der Waals surface area contributed by atoms with Crippen molar-refractivity contribution in [1.82, 2.24) is 10.6 Å². The van der Waals surface area contributed by atoms with Crippen LogP contribution in [0.5, 0.6) is 0 Å². The molecule has 0 bridgehead atoms. The zero-order chi connectivity index (χ0) is 22.4. The molecule has 31 heavy (non-hydrogen) atoms. The van der Waals surface area contributed by atoms with Crippen molar-refractivity contribution in [3.05, 3.63) is 66.2 Å². The normalized spacial score (nSPS) is 25.9. The second kappa shape index (κ2) is 10.3. The molecular formula is C22H24N2O7. The number of aliphatic hydroxyl groups is 4. The van der Waals surface area contributed by atoms with Crippen LogP contribution in [-0.4, -0.2) is 69.6 Å². The van der Waals surface area contributed by atoms with Crippen molar-refractivity contribution in [3.8, 4) is 11.1 Å². The molecule has 0 aromatic heterocycles. The van der Waals surface area contributed by atoms with Crippen molar-refractivity contribution in [2.45, 2.75) is 30.6 Å². The third kappa shape index (κ3) is 5.75. The summed E-state index contributed by atoms with van der Waals surface area (Å²) in [6.45, 7) is -0.629. The molecule has 0 aliphatic carbocycles. The van der Waals surface area contributed by atoms with E-state index in [1.54, 1.807) is 0 Å². The Morgan fingerprint density at radius 1 is 0.903 bits per heavy atom. The minimum atomic E-state index is -1.64. The van der Waals surface area contributed by atoms with Crippen molar-refractivity contribution < 1.29 is 34.8 Å². The molecule has 9 heteroatoms. The van der Waals surface area contributed by atoms with Gasteiger partial charge in [0.25, 0.3) is 5.91 Å². The van der Waals surface area contributed by atoms with Gasteiger partial charge in [-0.1, -0.05) is 54.6 Å². The van der Waals surface area contributed by atoms with Crippen LogP contribution in [0, 0.1) is 0 Å². The van der Waals surface area contributed by atoms with E-state index in [-0.39, 0.29) is 0 Å². The number of carbonyl (C=O) groups excluding carboxylic acids is 2. The Balaban J connectivity index is 1.53. The number of carbonyl (C=O) groups is 2. The van der Waals surface area contributed by atoms with Crippen molar-refractivity contribution in [2.75, 3.05) is 6.61 Å². The summed E-state index contributed by atoms with van der Waals surface area (Å²) in [5.41, 5.74) is 2.85. The van der Waals surface area contributed by atoms with Crippen molar-refractivity contribution in [1.29, 1.82) is 0 Å². The van der Waals surface area contributed by atoms with Gasteiger partial charge < -0.3 is 30.5 Å². The molecule has 3 amide bonds. The molecule has 0 unspecified atom stereocenters. The molecule has 3 rings (SSSR count). The molecule has 1 aliphatic heterocycles. The fourth-order valence-electron chi connectivity index (χ4n) is 3.13. The van der Waals surface area contributed by atoms with E-state index in [9.17, 15) is 24.9 Å². The Morgan fingerprint density at radius 3 is 2.19 bits per heavy atom. The molecule has 1 aliphatic rings. The van der Waals surface area contributed by atoms with Crippen molar-refractivity contribution >= 4 is 18.0 Å². The fourth-order valence-corrected chi connectivity index (χ4v) is 3.13. The number of rotatable bonds is 5. The van der Waals surface area contributed by atoms with Gasteiger partial charge in [0.2, 0.25) is 0 Å². The van der Waals surface area contributed by atoms with Gasteiger partial charge in [0.05, 0.1) is 6.61 Å². The molecule has 9 nitrogen and oxygen atoms in total. The number of hydrogen-bond acceptors (Lipinski definition) is 7. The first-order valence-electron chi connectivity index (χ1n) is 9.64. The van der Waals surface area contributed by atoms with E-state index in [2.05, 4.69) is 5.32 Å². The van der Waals surface area contributed by atoms with E-state index in [4.69, 9.17) is 9.84 Å². The quantitative estimate of drug-likeness (QED) is 0.367. The monoisotopic (exact) mass is 428 g/mol. The lowest BCUT2D eigenvalue weighted by atomic mass is 9.98. The van der Waals surface area contributed by atoms with Crippen LogP contribution in [0.25, 0.3) is 17.2 Å². The summed E-state index contributed by atoms with van der Waals surface area (Å²) in [6.07, 6.45) is -4.70. The van der Waals surface area contributed by atoms with Crippen LogP contribution in [-0.2, 0) is 9.53 Å². The molecule has 0 radical (unpaired) electrons. The second-order valence-electron chi connectivity index (χ2n) is 7.03. The summed E-state index contributed by atoms with van der Waals surface area (Å²) in [7, 11) is 0. The molecule has 1 saturated heterocycles. The Morgan fingerprint density at radius 2 is 1.55 bits per heavy atom. The van der Waals surface area contributed by atoms with E-state index in [1.165, 1.54) is 12.2 Å². The van der Waals surface area contributed by atoms with Gasteiger partial charge in [0.15, 0.2) is 6.23 Å². The highest BCUT2D eigenvalue weighted by molar-refractivity contribution is 6.02. The topological polar surface area (TPSA) is 148 Å². The number of imide groups is 1. The summed E-state index contributed by atoms with van der Waals surface area (Å²) >= 11 is 0. The number of aliphatic hydroxyl groups excluding tert-OH is 4. The Kier molecular flexibility index (Phi) is 7.50. The van der Waals surface area contributed by atoms with E-state index in [0.29, 0.717) is 0 Å². The molecular weight excluding hydrogens is 404 g/mol. The second-order valence-corrected chi connectivity index (χ2v) is 7.03. The van der Waals surface area contributed by atoms with Gasteiger partial charge in [-0.15, -0.1) is 0 Å². The molecule has 164 valence electrons. The molecule has 2 aromatic carbocycles. The maximum absolute atomic E-state index is 12.0. The highest BCUT2D eigenvalue weighted by Crippen LogP contribution is 2.20. The lowest BCUT2D eigenvalue weighted by molar-refractivity contribution is -0.233. The summed E-state index contributed by atoms with van der Waals surface area (Å²) in [5.74, 6) is -0.714. The highest BCUT2D eigenvalue weighted by atomic mass is 16.6. The Hall–Kier alpha value is -3.08. The third-order valence-corrected chi connectivity index (χ3v) is 4.85. The Bertz CT molecular complexity index is 915. The first kappa shape index (κ1) is 22.6. The zero-order valence-electron chi connectivity index (χ0n) is 16.5. The van der Waals surface area contributed by atoms with Crippen LogP contribution in [0.4, 0.5) is 4.79 Å². The SMILES string of the molecule is O=C(/C=C/c1ccc(-c2ccccc2)cc1)NC(=O)N[C@@H]1O[C@H](CO)[C@@H](O)[C@H](O)[C@H]1O. The van der Waals surface area contributed by atoms with E-state index in [1.807, 2.05) is 59.9 Å². The molecule has 0 saturated carbocycles. The van der Waals surface area contributed by atoms with Gasteiger partial charge in [0.1, 0.15) is 24.4 Å². The highest BCUT2D eigenvalue weighted by Gasteiger charge is 2.44. The molecule has 1 heterocycles. The van der Waals surface area contributed by atoms with Gasteiger partial charge in [-0.25, -0.2) is 4.79 Å². The molecule has 0 spiro atoms. The number of nitrogens with one attached hydrogen (secondary N) is 2.